The maximum absolute atomic E-state index is 13.4. The highest BCUT2D eigenvalue weighted by molar-refractivity contribution is 6.00. The zero-order chi connectivity index (χ0) is 14.6. The van der Waals surface area contributed by atoms with Crippen LogP contribution in [0.2, 0.25) is 0 Å². The molecule has 0 aliphatic carbocycles. The first kappa shape index (κ1) is 12.1. The van der Waals surface area contributed by atoms with Crippen molar-refractivity contribution in [3.05, 3.63) is 65.6 Å². The van der Waals surface area contributed by atoms with Crippen LogP contribution in [-0.2, 0) is 6.54 Å². The third kappa shape index (κ3) is 1.69. The molecule has 0 radical (unpaired) electrons. The van der Waals surface area contributed by atoms with Crippen LogP contribution in [0.1, 0.15) is 16.1 Å². The van der Waals surface area contributed by atoms with Crippen molar-refractivity contribution in [1.29, 1.82) is 0 Å². The number of hydrogen-bond acceptors (Lipinski definition) is 1. The summed E-state index contributed by atoms with van der Waals surface area (Å²) in [5.74, 6) is -0.347. The molecule has 0 bridgehead atoms. The predicted octanol–water partition coefficient (Wildman–Crippen LogP) is 3.36. The molecule has 1 aliphatic heterocycles. The number of hydrogen-bond donors (Lipinski definition) is 0. The molecule has 3 nitrogen and oxygen atoms in total. The van der Waals surface area contributed by atoms with Gasteiger partial charge < -0.3 is 9.47 Å². The topological polar surface area (TPSA) is 25.2 Å². The molecule has 3 aromatic rings. The SMILES string of the molecule is CN1Cc2ccccc2-n2c(cc3cc(F)ccc32)C1=O. The lowest BCUT2D eigenvalue weighted by atomic mass is 10.1. The Kier molecular flexibility index (Phi) is 2.42. The van der Waals surface area contributed by atoms with E-state index in [1.165, 1.54) is 12.1 Å². The van der Waals surface area contributed by atoms with Gasteiger partial charge in [-0.2, -0.15) is 0 Å². The summed E-state index contributed by atoms with van der Waals surface area (Å²) in [5, 5.41) is 0.739. The van der Waals surface area contributed by atoms with Crippen molar-refractivity contribution in [3.8, 4) is 5.69 Å². The summed E-state index contributed by atoms with van der Waals surface area (Å²) >= 11 is 0. The zero-order valence-corrected chi connectivity index (χ0v) is 11.5. The van der Waals surface area contributed by atoms with Crippen LogP contribution >= 0.6 is 0 Å². The molecule has 21 heavy (non-hydrogen) atoms. The molecule has 104 valence electrons. The molecule has 0 atom stereocenters. The van der Waals surface area contributed by atoms with E-state index >= 15 is 0 Å². The van der Waals surface area contributed by atoms with Gasteiger partial charge in [0.2, 0.25) is 0 Å². The number of benzene rings is 2. The van der Waals surface area contributed by atoms with Crippen LogP contribution in [0.15, 0.2) is 48.5 Å². The number of nitrogens with zero attached hydrogens (tertiary/aromatic N) is 2. The fraction of sp³-hybridized carbons (Fsp3) is 0.118. The molecule has 2 heterocycles. The highest BCUT2D eigenvalue weighted by Gasteiger charge is 2.25. The van der Waals surface area contributed by atoms with Crippen molar-refractivity contribution < 1.29 is 9.18 Å². The summed E-state index contributed by atoms with van der Waals surface area (Å²) in [6.07, 6.45) is 0. The molecule has 4 heteroatoms. The van der Waals surface area contributed by atoms with Crippen molar-refractivity contribution in [2.45, 2.75) is 6.54 Å². The van der Waals surface area contributed by atoms with Gasteiger partial charge in [-0.1, -0.05) is 18.2 Å². The Labute approximate surface area is 121 Å². The first-order valence-corrected chi connectivity index (χ1v) is 6.80. The van der Waals surface area contributed by atoms with Crippen molar-refractivity contribution in [3.63, 3.8) is 0 Å². The number of fused-ring (bicyclic) bond motifs is 5. The summed E-state index contributed by atoms with van der Waals surface area (Å²) in [6, 6.07) is 14.3. The molecule has 1 aliphatic rings. The number of carbonyl (C=O) groups is 1. The van der Waals surface area contributed by atoms with Crippen LogP contribution in [0, 0.1) is 5.82 Å². The Hall–Kier alpha value is -2.62. The van der Waals surface area contributed by atoms with Crippen LogP contribution in [-0.4, -0.2) is 22.4 Å². The van der Waals surface area contributed by atoms with Gasteiger partial charge in [-0.15, -0.1) is 0 Å². The number of aromatic nitrogens is 1. The van der Waals surface area contributed by atoms with Crippen LogP contribution < -0.4 is 0 Å². The second kappa shape index (κ2) is 4.19. The number of amides is 1. The molecule has 1 aromatic heterocycles. The minimum absolute atomic E-state index is 0.0530. The van der Waals surface area contributed by atoms with E-state index in [1.54, 1.807) is 24.1 Å². The summed E-state index contributed by atoms with van der Waals surface area (Å²) in [4.78, 5) is 14.3. The van der Waals surface area contributed by atoms with Crippen LogP contribution in [0.3, 0.4) is 0 Å². The normalized spacial score (nSPS) is 14.0. The number of para-hydroxylation sites is 1. The van der Waals surface area contributed by atoms with Gasteiger partial charge in [0.15, 0.2) is 0 Å². The fourth-order valence-electron chi connectivity index (χ4n) is 2.99. The van der Waals surface area contributed by atoms with E-state index in [0.29, 0.717) is 12.2 Å². The number of rotatable bonds is 0. The molecular formula is C17H13FN2O. The summed E-state index contributed by atoms with van der Waals surface area (Å²) < 4.78 is 15.4. The first-order valence-electron chi connectivity index (χ1n) is 6.80. The monoisotopic (exact) mass is 280 g/mol. The predicted molar refractivity (Wildman–Crippen MR) is 79.0 cm³/mol. The smallest absolute Gasteiger partial charge is 0.270 e. The van der Waals surface area contributed by atoms with Crippen LogP contribution in [0.5, 0.6) is 0 Å². The summed E-state index contributed by atoms with van der Waals surface area (Å²) in [5.41, 5.74) is 3.48. The van der Waals surface area contributed by atoms with Gasteiger partial charge >= 0.3 is 0 Å². The molecule has 0 saturated carbocycles. The average Bonchev–Trinajstić information content (AvgIpc) is 2.80. The maximum atomic E-state index is 13.4. The highest BCUT2D eigenvalue weighted by atomic mass is 19.1. The van der Waals surface area contributed by atoms with Crippen molar-refractivity contribution >= 4 is 16.8 Å². The molecule has 0 saturated heterocycles. The molecule has 2 aromatic carbocycles. The van der Waals surface area contributed by atoms with E-state index in [4.69, 9.17) is 0 Å². The van der Waals surface area contributed by atoms with E-state index < -0.39 is 0 Å². The Bertz CT molecular complexity index is 882. The Morgan fingerprint density at radius 1 is 1.10 bits per heavy atom. The van der Waals surface area contributed by atoms with Gasteiger partial charge in [-0.05, 0) is 35.9 Å². The minimum Gasteiger partial charge on any atom is -0.336 e. The van der Waals surface area contributed by atoms with E-state index in [0.717, 1.165) is 22.2 Å². The first-order chi connectivity index (χ1) is 10.1. The minimum atomic E-state index is -0.294. The van der Waals surface area contributed by atoms with Gasteiger partial charge in [-0.3, -0.25) is 4.79 Å². The van der Waals surface area contributed by atoms with Gasteiger partial charge in [0, 0.05) is 19.0 Å². The van der Waals surface area contributed by atoms with Gasteiger partial charge in [0.1, 0.15) is 11.5 Å². The number of carbonyl (C=O) groups excluding carboxylic acids is 1. The largest absolute Gasteiger partial charge is 0.336 e. The lowest BCUT2D eigenvalue weighted by Gasteiger charge is -2.13. The van der Waals surface area contributed by atoms with Crippen LogP contribution in [0.25, 0.3) is 16.6 Å². The quantitative estimate of drug-likeness (QED) is 0.620. The molecule has 0 unspecified atom stereocenters. The zero-order valence-electron chi connectivity index (χ0n) is 11.5. The van der Waals surface area contributed by atoms with Crippen molar-refractivity contribution in [1.82, 2.24) is 9.47 Å². The van der Waals surface area contributed by atoms with E-state index in [-0.39, 0.29) is 11.7 Å². The molecular weight excluding hydrogens is 267 g/mol. The Morgan fingerprint density at radius 2 is 1.90 bits per heavy atom. The maximum Gasteiger partial charge on any atom is 0.270 e. The Balaban J connectivity index is 2.14. The second-order valence-electron chi connectivity index (χ2n) is 5.36. The van der Waals surface area contributed by atoms with Crippen molar-refractivity contribution in [2.75, 3.05) is 7.05 Å². The van der Waals surface area contributed by atoms with Crippen molar-refractivity contribution in [2.24, 2.45) is 0 Å². The van der Waals surface area contributed by atoms with Gasteiger partial charge in [0.25, 0.3) is 5.91 Å². The van der Waals surface area contributed by atoms with Gasteiger partial charge in [-0.25, -0.2) is 4.39 Å². The third-order valence-corrected chi connectivity index (χ3v) is 3.97. The standard InChI is InChI=1S/C17H13FN2O/c1-19-10-11-4-2-3-5-14(11)20-15-7-6-13(18)8-12(15)9-16(20)17(19)21/h2-9H,10H2,1H3. The summed E-state index contributed by atoms with van der Waals surface area (Å²) in [6.45, 7) is 0.569. The Morgan fingerprint density at radius 3 is 2.76 bits per heavy atom. The second-order valence-corrected chi connectivity index (χ2v) is 5.36. The number of halogens is 1. The van der Waals surface area contributed by atoms with Crippen LogP contribution in [0.4, 0.5) is 4.39 Å². The molecule has 0 fully saturated rings. The summed E-state index contributed by atoms with van der Waals surface area (Å²) in [7, 11) is 1.78. The average molecular weight is 280 g/mol. The molecule has 0 spiro atoms. The lowest BCUT2D eigenvalue weighted by Crippen LogP contribution is -2.25. The van der Waals surface area contributed by atoms with E-state index in [9.17, 15) is 9.18 Å². The van der Waals surface area contributed by atoms with E-state index in [1.807, 2.05) is 28.8 Å². The third-order valence-electron chi connectivity index (χ3n) is 3.97. The fourth-order valence-corrected chi connectivity index (χ4v) is 2.99. The molecule has 0 N–H and O–H groups in total. The molecule has 4 rings (SSSR count). The van der Waals surface area contributed by atoms with E-state index in [2.05, 4.69) is 0 Å². The molecule has 1 amide bonds. The van der Waals surface area contributed by atoms with Gasteiger partial charge in [0.05, 0.1) is 11.2 Å². The lowest BCUT2D eigenvalue weighted by molar-refractivity contribution is 0.0782. The highest BCUT2D eigenvalue weighted by Crippen LogP contribution is 2.30.